The Labute approximate surface area is 189 Å². The van der Waals surface area contributed by atoms with Gasteiger partial charge in [-0.2, -0.15) is 0 Å². The molecule has 1 atom stereocenters. The Hall–Kier alpha value is -3.32. The topological polar surface area (TPSA) is 75.7 Å². The Balaban J connectivity index is 2.11. The predicted octanol–water partition coefficient (Wildman–Crippen LogP) is 4.62. The number of hydrogen-bond donors (Lipinski definition) is 1. The number of hydrogen-bond acceptors (Lipinski definition) is 4. The zero-order valence-electron chi connectivity index (χ0n) is 18.5. The summed E-state index contributed by atoms with van der Waals surface area (Å²) < 4.78 is 33.9. The molecule has 3 rings (SSSR count). The molecule has 7 heteroatoms. The van der Waals surface area contributed by atoms with Gasteiger partial charge in [0.2, 0.25) is 0 Å². The highest BCUT2D eigenvalue weighted by Crippen LogP contribution is 2.30. The summed E-state index contributed by atoms with van der Waals surface area (Å²) >= 11 is 0. The molecule has 0 unspecified atom stereocenters. The summed E-state index contributed by atoms with van der Waals surface area (Å²) in [6.07, 6.45) is 0.770. The first-order chi connectivity index (χ1) is 15.4. The van der Waals surface area contributed by atoms with Gasteiger partial charge in [-0.1, -0.05) is 49.4 Å². The van der Waals surface area contributed by atoms with Crippen molar-refractivity contribution in [2.24, 2.45) is 0 Å². The quantitative estimate of drug-likeness (QED) is 0.514. The lowest BCUT2D eigenvalue weighted by atomic mass is 10.1. The van der Waals surface area contributed by atoms with Crippen LogP contribution in [0, 0.1) is 0 Å². The van der Waals surface area contributed by atoms with Crippen LogP contribution < -0.4 is 14.4 Å². The number of methoxy groups -OCH3 is 1. The number of sulfonamides is 1. The average molecular weight is 453 g/mol. The molecule has 3 aromatic rings. The van der Waals surface area contributed by atoms with Crippen LogP contribution in [-0.2, 0) is 16.6 Å². The van der Waals surface area contributed by atoms with Crippen molar-refractivity contribution in [1.82, 2.24) is 5.32 Å². The van der Waals surface area contributed by atoms with Crippen molar-refractivity contribution in [1.29, 1.82) is 0 Å². The van der Waals surface area contributed by atoms with Crippen molar-refractivity contribution in [2.75, 3.05) is 11.4 Å². The van der Waals surface area contributed by atoms with Crippen LogP contribution >= 0.6 is 0 Å². The number of amides is 1. The van der Waals surface area contributed by atoms with Crippen LogP contribution in [0.3, 0.4) is 0 Å². The van der Waals surface area contributed by atoms with Gasteiger partial charge in [-0.25, -0.2) is 8.42 Å². The molecule has 0 heterocycles. The second-order valence-corrected chi connectivity index (χ2v) is 9.34. The highest BCUT2D eigenvalue weighted by Gasteiger charge is 2.29. The van der Waals surface area contributed by atoms with Crippen molar-refractivity contribution in [3.8, 4) is 5.75 Å². The van der Waals surface area contributed by atoms with E-state index in [4.69, 9.17) is 4.74 Å². The van der Waals surface area contributed by atoms with E-state index in [0.29, 0.717) is 17.0 Å². The molecule has 3 aromatic carbocycles. The molecule has 0 saturated carbocycles. The lowest BCUT2D eigenvalue weighted by Gasteiger charge is -2.27. The van der Waals surface area contributed by atoms with E-state index in [2.05, 4.69) is 5.32 Å². The maximum absolute atomic E-state index is 13.7. The van der Waals surface area contributed by atoms with Gasteiger partial charge in [-0.15, -0.1) is 0 Å². The molecule has 32 heavy (non-hydrogen) atoms. The van der Waals surface area contributed by atoms with E-state index in [-0.39, 0.29) is 23.4 Å². The number of ether oxygens (including phenoxy) is 1. The Kier molecular flexibility index (Phi) is 7.53. The molecule has 168 valence electrons. The summed E-state index contributed by atoms with van der Waals surface area (Å²) in [6.45, 7) is 3.98. The molecule has 1 N–H and O–H groups in total. The number of carbonyl (C=O) groups excluding carboxylic acids is 1. The predicted molar refractivity (Wildman–Crippen MR) is 126 cm³/mol. The van der Waals surface area contributed by atoms with Gasteiger partial charge in [-0.3, -0.25) is 9.10 Å². The highest BCUT2D eigenvalue weighted by atomic mass is 32.2. The summed E-state index contributed by atoms with van der Waals surface area (Å²) in [6, 6.07) is 22.3. The van der Waals surface area contributed by atoms with Gasteiger partial charge in [0.1, 0.15) is 5.75 Å². The molecule has 0 aromatic heterocycles. The number of nitrogens with one attached hydrogen (secondary N) is 1. The second-order valence-electron chi connectivity index (χ2n) is 7.47. The van der Waals surface area contributed by atoms with Gasteiger partial charge in [0, 0.05) is 6.04 Å². The Bertz CT molecular complexity index is 1150. The molecular weight excluding hydrogens is 424 g/mol. The first kappa shape index (κ1) is 23.3. The summed E-state index contributed by atoms with van der Waals surface area (Å²) in [7, 11) is -2.44. The van der Waals surface area contributed by atoms with Gasteiger partial charge in [0.15, 0.2) is 0 Å². The van der Waals surface area contributed by atoms with Crippen molar-refractivity contribution in [2.45, 2.75) is 37.8 Å². The number of benzene rings is 3. The van der Waals surface area contributed by atoms with Crippen LogP contribution in [0.25, 0.3) is 0 Å². The van der Waals surface area contributed by atoms with Crippen LogP contribution in [0.4, 0.5) is 5.69 Å². The smallest absolute Gasteiger partial charge is 0.264 e. The van der Waals surface area contributed by atoms with Gasteiger partial charge in [0.05, 0.1) is 29.8 Å². The third-order valence-corrected chi connectivity index (χ3v) is 7.00. The molecule has 0 aliphatic rings. The summed E-state index contributed by atoms with van der Waals surface area (Å²) in [5.74, 6) is 0.254. The summed E-state index contributed by atoms with van der Waals surface area (Å²) in [5, 5.41) is 2.93. The normalized spacial score (nSPS) is 12.1. The molecule has 0 aliphatic carbocycles. The van der Waals surface area contributed by atoms with Crippen LogP contribution in [0.15, 0.2) is 83.8 Å². The van der Waals surface area contributed by atoms with Crippen molar-refractivity contribution in [3.63, 3.8) is 0 Å². The van der Waals surface area contributed by atoms with E-state index in [1.54, 1.807) is 36.4 Å². The minimum Gasteiger partial charge on any atom is -0.497 e. The van der Waals surface area contributed by atoms with E-state index in [0.717, 1.165) is 12.0 Å². The Morgan fingerprint density at radius 2 is 1.59 bits per heavy atom. The molecule has 6 nitrogen and oxygen atoms in total. The largest absolute Gasteiger partial charge is 0.497 e. The van der Waals surface area contributed by atoms with Crippen LogP contribution in [0.1, 0.15) is 36.2 Å². The van der Waals surface area contributed by atoms with E-state index < -0.39 is 10.0 Å². The van der Waals surface area contributed by atoms with E-state index in [1.807, 2.05) is 44.2 Å². The fraction of sp³-hybridized carbons (Fsp3) is 0.240. The van der Waals surface area contributed by atoms with Crippen LogP contribution in [-0.4, -0.2) is 27.5 Å². The third kappa shape index (κ3) is 5.29. The van der Waals surface area contributed by atoms with Crippen molar-refractivity contribution in [3.05, 3.63) is 90.0 Å². The van der Waals surface area contributed by atoms with Crippen LogP contribution in [0.5, 0.6) is 5.75 Å². The van der Waals surface area contributed by atoms with Gasteiger partial charge in [-0.05, 0) is 55.3 Å². The minimum atomic E-state index is -3.97. The molecule has 0 saturated heterocycles. The monoisotopic (exact) mass is 452 g/mol. The fourth-order valence-corrected chi connectivity index (χ4v) is 4.68. The first-order valence-electron chi connectivity index (χ1n) is 10.5. The average Bonchev–Trinajstić information content (AvgIpc) is 2.83. The zero-order valence-corrected chi connectivity index (χ0v) is 19.3. The highest BCUT2D eigenvalue weighted by molar-refractivity contribution is 7.92. The molecule has 1 amide bonds. The summed E-state index contributed by atoms with van der Waals surface area (Å²) in [4.78, 5) is 13.1. The van der Waals surface area contributed by atoms with E-state index in [1.165, 1.54) is 23.5 Å². The Morgan fingerprint density at radius 3 is 2.22 bits per heavy atom. The number of carbonyl (C=O) groups is 1. The Morgan fingerprint density at radius 1 is 0.969 bits per heavy atom. The van der Waals surface area contributed by atoms with Gasteiger partial charge >= 0.3 is 0 Å². The lowest BCUT2D eigenvalue weighted by molar-refractivity contribution is 0.0940. The van der Waals surface area contributed by atoms with E-state index in [9.17, 15) is 13.2 Å². The van der Waals surface area contributed by atoms with Gasteiger partial charge < -0.3 is 10.1 Å². The molecule has 0 radical (unpaired) electrons. The summed E-state index contributed by atoms with van der Waals surface area (Å²) in [5.41, 5.74) is 1.44. The van der Waals surface area contributed by atoms with Crippen LogP contribution in [0.2, 0.25) is 0 Å². The fourth-order valence-electron chi connectivity index (χ4n) is 3.21. The third-order valence-electron chi connectivity index (χ3n) is 5.22. The molecule has 0 aliphatic heterocycles. The maximum Gasteiger partial charge on any atom is 0.264 e. The maximum atomic E-state index is 13.7. The second kappa shape index (κ2) is 10.3. The van der Waals surface area contributed by atoms with Gasteiger partial charge in [0.25, 0.3) is 15.9 Å². The number of para-hydroxylation sites is 1. The molecule has 0 spiro atoms. The van der Waals surface area contributed by atoms with Crippen molar-refractivity contribution >= 4 is 21.6 Å². The SMILES string of the molecule is CC[C@H](C)NC(=O)c1ccccc1N(Cc1ccccc1)S(=O)(=O)c1ccc(OC)cc1. The van der Waals surface area contributed by atoms with E-state index >= 15 is 0 Å². The van der Waals surface area contributed by atoms with Crippen molar-refractivity contribution < 1.29 is 17.9 Å². The number of rotatable bonds is 9. The molecule has 0 fully saturated rings. The number of anilines is 1. The molecule has 0 bridgehead atoms. The number of nitrogens with zero attached hydrogens (tertiary/aromatic N) is 1. The minimum absolute atomic E-state index is 0.0312. The first-order valence-corrected chi connectivity index (χ1v) is 11.9. The standard InChI is InChI=1S/C25H28N2O4S/c1-4-19(2)26-25(28)23-12-8-9-13-24(23)27(18-20-10-6-5-7-11-20)32(29,30)22-16-14-21(31-3)15-17-22/h5-17,19H,4,18H2,1-3H3,(H,26,28)/t19-/m0/s1. The molecular formula is C25H28N2O4S. The lowest BCUT2D eigenvalue weighted by Crippen LogP contribution is -2.36. The zero-order chi connectivity index (χ0) is 23.1.